The van der Waals surface area contributed by atoms with E-state index >= 15 is 0 Å². The minimum Gasteiger partial charge on any atom is -0.382 e. The number of aromatic nitrogens is 2. The number of nitrogens with one attached hydrogen (secondary N) is 1. The summed E-state index contributed by atoms with van der Waals surface area (Å²) in [6, 6.07) is 9.84. The summed E-state index contributed by atoms with van der Waals surface area (Å²) in [5.74, 6) is -0.158. The molecule has 6 nitrogen and oxygen atoms in total. The third kappa shape index (κ3) is 3.05. The van der Waals surface area contributed by atoms with Crippen molar-refractivity contribution in [3.05, 3.63) is 46.1 Å². The molecule has 7 heteroatoms. The molecule has 0 atom stereocenters. The Bertz CT molecular complexity index is 663. The van der Waals surface area contributed by atoms with Crippen LogP contribution in [0.4, 0.5) is 11.5 Å². The van der Waals surface area contributed by atoms with Gasteiger partial charge < -0.3 is 11.1 Å². The molecule has 0 radical (unpaired) electrons. The van der Waals surface area contributed by atoms with Crippen molar-refractivity contribution in [2.24, 2.45) is 0 Å². The zero-order valence-corrected chi connectivity index (χ0v) is 11.2. The molecule has 1 heterocycles. The van der Waals surface area contributed by atoms with Crippen LogP contribution >= 0.6 is 15.9 Å². The second kappa shape index (κ2) is 5.46. The number of anilines is 2. The lowest BCUT2D eigenvalue weighted by molar-refractivity contribution is 0.102. The van der Waals surface area contributed by atoms with Gasteiger partial charge in [-0.1, -0.05) is 0 Å². The predicted octanol–water partition coefficient (Wildman–Crippen LogP) is 1.95. The van der Waals surface area contributed by atoms with E-state index in [1.165, 1.54) is 12.1 Å². The van der Waals surface area contributed by atoms with Crippen molar-refractivity contribution in [3.8, 4) is 6.07 Å². The lowest BCUT2D eigenvalue weighted by Gasteiger charge is -2.06. The maximum Gasteiger partial charge on any atom is 0.276 e. The standard InChI is InChI=1S/C12H8BrN5O/c13-8-5-7(6-14)1-2-9(8)16-12(19)10-3-4-11(15)18-17-10/h1-5H,(H2,15,18)(H,16,19). The summed E-state index contributed by atoms with van der Waals surface area (Å²) in [6.07, 6.45) is 0. The first-order chi connectivity index (χ1) is 9.10. The summed E-state index contributed by atoms with van der Waals surface area (Å²) in [5.41, 5.74) is 6.59. The molecule has 0 spiro atoms. The number of nitrogen functional groups attached to an aromatic ring is 1. The Kier molecular flexibility index (Phi) is 3.73. The first kappa shape index (κ1) is 13.0. The molecule has 0 saturated carbocycles. The largest absolute Gasteiger partial charge is 0.382 e. The fraction of sp³-hybridized carbons (Fsp3) is 0. The van der Waals surface area contributed by atoms with Gasteiger partial charge in [-0.25, -0.2) is 0 Å². The number of carbonyl (C=O) groups excluding carboxylic acids is 1. The van der Waals surface area contributed by atoms with E-state index in [2.05, 4.69) is 31.4 Å². The summed E-state index contributed by atoms with van der Waals surface area (Å²) in [5, 5.41) is 18.7. The van der Waals surface area contributed by atoms with Crippen LogP contribution in [0.3, 0.4) is 0 Å². The molecule has 0 aliphatic carbocycles. The van der Waals surface area contributed by atoms with E-state index in [1.807, 2.05) is 6.07 Å². The van der Waals surface area contributed by atoms with Crippen LogP contribution in [0.1, 0.15) is 16.1 Å². The molecule has 2 aromatic rings. The Morgan fingerprint density at radius 3 is 2.68 bits per heavy atom. The van der Waals surface area contributed by atoms with Crippen LogP contribution in [0.2, 0.25) is 0 Å². The lowest BCUT2D eigenvalue weighted by Crippen LogP contribution is -2.15. The van der Waals surface area contributed by atoms with Gasteiger partial charge in [0.1, 0.15) is 5.82 Å². The molecule has 1 amide bonds. The molecule has 0 unspecified atom stereocenters. The van der Waals surface area contributed by atoms with E-state index in [0.717, 1.165) is 0 Å². The number of nitrogens with two attached hydrogens (primary N) is 1. The zero-order chi connectivity index (χ0) is 13.8. The highest BCUT2D eigenvalue weighted by Gasteiger charge is 2.10. The number of hydrogen-bond donors (Lipinski definition) is 2. The van der Waals surface area contributed by atoms with Crippen molar-refractivity contribution < 1.29 is 4.79 Å². The Morgan fingerprint density at radius 1 is 1.32 bits per heavy atom. The van der Waals surface area contributed by atoms with Crippen LogP contribution in [0.25, 0.3) is 0 Å². The van der Waals surface area contributed by atoms with Gasteiger partial charge >= 0.3 is 0 Å². The highest BCUT2D eigenvalue weighted by Crippen LogP contribution is 2.23. The molecule has 0 fully saturated rings. The van der Waals surface area contributed by atoms with Crippen molar-refractivity contribution in [2.75, 3.05) is 11.1 Å². The van der Waals surface area contributed by atoms with E-state index < -0.39 is 5.91 Å². The molecule has 1 aromatic heterocycles. The number of rotatable bonds is 2. The van der Waals surface area contributed by atoms with Crippen molar-refractivity contribution in [1.82, 2.24) is 10.2 Å². The molecular weight excluding hydrogens is 310 g/mol. The van der Waals surface area contributed by atoms with Gasteiger partial charge in [0.15, 0.2) is 5.69 Å². The van der Waals surface area contributed by atoms with Crippen LogP contribution in [0, 0.1) is 11.3 Å². The fourth-order valence-corrected chi connectivity index (χ4v) is 1.81. The fourth-order valence-electron chi connectivity index (χ4n) is 1.34. The third-order valence-electron chi connectivity index (χ3n) is 2.26. The van der Waals surface area contributed by atoms with Gasteiger partial charge in [-0.15, -0.1) is 10.2 Å². The Hall–Kier alpha value is -2.46. The minimum atomic E-state index is -0.405. The third-order valence-corrected chi connectivity index (χ3v) is 2.92. The Labute approximate surface area is 117 Å². The van der Waals surface area contributed by atoms with E-state index in [4.69, 9.17) is 11.0 Å². The second-order valence-corrected chi connectivity index (χ2v) is 4.46. The van der Waals surface area contributed by atoms with Gasteiger partial charge in [0.25, 0.3) is 5.91 Å². The predicted molar refractivity (Wildman–Crippen MR) is 73.3 cm³/mol. The summed E-state index contributed by atoms with van der Waals surface area (Å²) in [7, 11) is 0. The monoisotopic (exact) mass is 317 g/mol. The maximum atomic E-state index is 11.9. The van der Waals surface area contributed by atoms with E-state index in [1.54, 1.807) is 18.2 Å². The molecule has 2 rings (SSSR count). The average molecular weight is 318 g/mol. The summed E-state index contributed by atoms with van der Waals surface area (Å²) in [6.45, 7) is 0. The number of halogens is 1. The summed E-state index contributed by atoms with van der Waals surface area (Å²) in [4.78, 5) is 11.9. The molecule has 0 saturated heterocycles. The van der Waals surface area contributed by atoms with Gasteiger partial charge in [-0.05, 0) is 46.3 Å². The van der Waals surface area contributed by atoms with Crippen molar-refractivity contribution in [1.29, 1.82) is 5.26 Å². The van der Waals surface area contributed by atoms with E-state index in [-0.39, 0.29) is 11.5 Å². The molecular formula is C12H8BrN5O. The Balaban J connectivity index is 2.20. The number of amides is 1. The maximum absolute atomic E-state index is 11.9. The van der Waals surface area contributed by atoms with Gasteiger partial charge in [0, 0.05) is 4.47 Å². The molecule has 94 valence electrons. The van der Waals surface area contributed by atoms with Gasteiger partial charge in [0.2, 0.25) is 0 Å². The quantitative estimate of drug-likeness (QED) is 0.880. The first-order valence-electron chi connectivity index (χ1n) is 5.20. The second-order valence-electron chi connectivity index (χ2n) is 3.60. The molecule has 0 aliphatic rings. The van der Waals surface area contributed by atoms with Gasteiger partial charge in [-0.3, -0.25) is 4.79 Å². The summed E-state index contributed by atoms with van der Waals surface area (Å²) < 4.78 is 0.614. The van der Waals surface area contributed by atoms with Crippen molar-refractivity contribution >= 4 is 33.3 Å². The van der Waals surface area contributed by atoms with Crippen molar-refractivity contribution in [2.45, 2.75) is 0 Å². The van der Waals surface area contributed by atoms with Gasteiger partial charge in [-0.2, -0.15) is 5.26 Å². The molecule has 0 bridgehead atoms. The SMILES string of the molecule is N#Cc1ccc(NC(=O)c2ccc(N)nn2)c(Br)c1. The van der Waals surface area contributed by atoms with E-state index in [9.17, 15) is 4.79 Å². The Morgan fingerprint density at radius 2 is 2.11 bits per heavy atom. The zero-order valence-electron chi connectivity index (χ0n) is 9.59. The van der Waals surface area contributed by atoms with Crippen LogP contribution in [-0.2, 0) is 0 Å². The van der Waals surface area contributed by atoms with Crippen LogP contribution in [0.5, 0.6) is 0 Å². The highest BCUT2D eigenvalue weighted by atomic mass is 79.9. The number of nitriles is 1. The number of carbonyl (C=O) groups is 1. The molecule has 19 heavy (non-hydrogen) atoms. The highest BCUT2D eigenvalue weighted by molar-refractivity contribution is 9.10. The van der Waals surface area contributed by atoms with Gasteiger partial charge in [0.05, 0.1) is 17.3 Å². The van der Waals surface area contributed by atoms with Crippen molar-refractivity contribution in [3.63, 3.8) is 0 Å². The molecule has 1 aromatic carbocycles. The molecule has 3 N–H and O–H groups in total. The minimum absolute atomic E-state index is 0.158. The average Bonchev–Trinajstić information content (AvgIpc) is 2.41. The summed E-state index contributed by atoms with van der Waals surface area (Å²) >= 11 is 3.28. The van der Waals surface area contributed by atoms with Crippen LogP contribution in [0.15, 0.2) is 34.8 Å². The van der Waals surface area contributed by atoms with Crippen LogP contribution < -0.4 is 11.1 Å². The number of nitrogens with zero attached hydrogens (tertiary/aromatic N) is 3. The van der Waals surface area contributed by atoms with Crippen LogP contribution in [-0.4, -0.2) is 16.1 Å². The number of benzene rings is 1. The number of hydrogen-bond acceptors (Lipinski definition) is 5. The first-order valence-corrected chi connectivity index (χ1v) is 5.99. The molecule has 0 aliphatic heterocycles. The smallest absolute Gasteiger partial charge is 0.276 e. The lowest BCUT2D eigenvalue weighted by atomic mass is 10.2. The van der Waals surface area contributed by atoms with E-state index in [0.29, 0.717) is 15.7 Å². The topological polar surface area (TPSA) is 105 Å². The normalized spacial score (nSPS) is 9.68.